The molecule has 39 heavy (non-hydrogen) atoms. The lowest BCUT2D eigenvalue weighted by Gasteiger charge is -2.41. The first-order chi connectivity index (χ1) is 18.3. The monoisotopic (exact) mass is 562 g/mol. The van der Waals surface area contributed by atoms with E-state index in [1.807, 2.05) is 6.92 Å². The number of alkyl carbamates (subject to hydrolysis) is 1. The number of methoxy groups -OCH3 is 2. The minimum absolute atomic E-state index is 0.0202. The van der Waals surface area contributed by atoms with Gasteiger partial charge in [-0.15, -0.1) is 0 Å². The number of ether oxygens (including phenoxy) is 4. The summed E-state index contributed by atoms with van der Waals surface area (Å²) in [6.45, 7) is 5.40. The average molecular weight is 563 g/mol. The molecule has 0 radical (unpaired) electrons. The van der Waals surface area contributed by atoms with E-state index in [0.717, 1.165) is 11.1 Å². The molecule has 10 nitrogen and oxygen atoms in total. The number of hydrogen-bond acceptors (Lipinski definition) is 8. The van der Waals surface area contributed by atoms with Gasteiger partial charge in [-0.2, -0.15) is 0 Å². The van der Waals surface area contributed by atoms with Crippen LogP contribution in [0.3, 0.4) is 0 Å². The number of benzene rings is 1. The maximum Gasteiger partial charge on any atom is 0.409 e. The quantitative estimate of drug-likeness (QED) is 0.370. The van der Waals surface area contributed by atoms with Crippen molar-refractivity contribution < 1.29 is 38.7 Å². The number of nitrogens with one attached hydrogen (secondary N) is 1. The molecule has 2 saturated heterocycles. The van der Waals surface area contributed by atoms with Gasteiger partial charge in [0, 0.05) is 26.5 Å². The van der Waals surface area contributed by atoms with E-state index in [-0.39, 0.29) is 23.8 Å². The number of hydrogen-bond donors (Lipinski definition) is 3. The van der Waals surface area contributed by atoms with Gasteiger partial charge in [-0.25, -0.2) is 4.79 Å². The van der Waals surface area contributed by atoms with Crippen LogP contribution < -0.4 is 15.0 Å². The third-order valence-electron chi connectivity index (χ3n) is 7.79. The maximum absolute atomic E-state index is 13.3. The molecule has 11 heteroatoms. The molecular weight excluding hydrogens is 528 g/mol. The Labute approximate surface area is 233 Å². The van der Waals surface area contributed by atoms with E-state index in [9.17, 15) is 19.8 Å². The number of allylic oxidation sites excluding steroid dienone is 2. The summed E-state index contributed by atoms with van der Waals surface area (Å²) in [5.74, 6) is 5.45. The van der Waals surface area contributed by atoms with Crippen LogP contribution in [0.25, 0.3) is 0 Å². The normalized spacial score (nSPS) is 36.4. The molecule has 1 aromatic carbocycles. The Morgan fingerprint density at radius 1 is 1.28 bits per heavy atom. The molecule has 4 rings (SSSR count). The average Bonchev–Trinajstić information content (AvgIpc) is 3.58. The van der Waals surface area contributed by atoms with E-state index < -0.39 is 47.8 Å². The number of fused-ring (bicyclic) bond motifs is 5. The fraction of sp³-hybridized carbons (Fsp3) is 0.571. The SMILES string of the molecule is COc1cc2cc(c1Cl)N(C)C(=O)C[C@H](O)[C@@]1(C)O[C@H]1[C@H](C)[C@@H]1C[C@@](O)(NC(=O)O1)[C@H](OC)C#C/C=C(\C)C2. The molecule has 2 fully saturated rings. The zero-order chi connectivity index (χ0) is 28.7. The molecule has 0 unspecified atom stereocenters. The van der Waals surface area contributed by atoms with Gasteiger partial charge in [0.1, 0.15) is 22.5 Å². The number of anilines is 1. The van der Waals surface area contributed by atoms with Crippen LogP contribution in [-0.2, 0) is 25.4 Å². The summed E-state index contributed by atoms with van der Waals surface area (Å²) in [7, 11) is 4.49. The molecule has 1 aromatic rings. The molecule has 0 aliphatic carbocycles. The molecule has 7 atom stereocenters. The first-order valence-electron chi connectivity index (χ1n) is 12.7. The molecule has 3 aliphatic heterocycles. The number of aliphatic hydroxyl groups is 2. The number of rotatable bonds is 2. The summed E-state index contributed by atoms with van der Waals surface area (Å²) in [5, 5.41) is 25.2. The zero-order valence-corrected chi connectivity index (χ0v) is 23.7. The summed E-state index contributed by atoms with van der Waals surface area (Å²) in [6, 6.07) is 3.58. The van der Waals surface area contributed by atoms with E-state index in [0.29, 0.717) is 17.9 Å². The molecule has 2 amide bonds. The summed E-state index contributed by atoms with van der Waals surface area (Å²) in [4.78, 5) is 27.1. The van der Waals surface area contributed by atoms with Crippen molar-refractivity contribution in [1.82, 2.24) is 5.32 Å². The van der Waals surface area contributed by atoms with Crippen molar-refractivity contribution in [1.29, 1.82) is 0 Å². The maximum atomic E-state index is 13.3. The van der Waals surface area contributed by atoms with Crippen molar-refractivity contribution >= 4 is 29.3 Å². The van der Waals surface area contributed by atoms with Crippen molar-refractivity contribution in [3.8, 4) is 17.6 Å². The number of aliphatic hydroxyl groups excluding tert-OH is 1. The van der Waals surface area contributed by atoms with Gasteiger partial charge >= 0.3 is 6.09 Å². The third-order valence-corrected chi connectivity index (χ3v) is 8.17. The first-order valence-corrected chi connectivity index (χ1v) is 13.1. The van der Waals surface area contributed by atoms with Gasteiger partial charge in [0.2, 0.25) is 5.91 Å². The number of carbonyl (C=O) groups excluding carboxylic acids is 2. The fourth-order valence-corrected chi connectivity index (χ4v) is 5.61. The Morgan fingerprint density at radius 2 is 2.00 bits per heavy atom. The molecular formula is C28H35ClN2O8. The van der Waals surface area contributed by atoms with E-state index in [4.69, 9.17) is 30.5 Å². The predicted octanol–water partition coefficient (Wildman–Crippen LogP) is 2.56. The summed E-state index contributed by atoms with van der Waals surface area (Å²) in [6.07, 6.45) is -2.38. The predicted molar refractivity (Wildman–Crippen MR) is 143 cm³/mol. The van der Waals surface area contributed by atoms with Crippen molar-refractivity contribution in [3.05, 3.63) is 34.4 Å². The summed E-state index contributed by atoms with van der Waals surface area (Å²) >= 11 is 6.57. The molecule has 0 saturated carbocycles. The Bertz CT molecular complexity index is 1240. The third kappa shape index (κ3) is 5.74. The van der Waals surface area contributed by atoms with Crippen molar-refractivity contribution in [3.63, 3.8) is 0 Å². The van der Waals surface area contributed by atoms with E-state index in [2.05, 4.69) is 17.2 Å². The number of halogens is 1. The summed E-state index contributed by atoms with van der Waals surface area (Å²) < 4.78 is 22.3. The van der Waals surface area contributed by atoms with Crippen LogP contribution in [0.4, 0.5) is 10.5 Å². The second kappa shape index (κ2) is 11.0. The number of nitrogens with zero attached hydrogens (tertiary/aromatic N) is 1. The molecule has 3 heterocycles. The molecule has 0 aromatic heterocycles. The Morgan fingerprint density at radius 3 is 2.67 bits per heavy atom. The lowest BCUT2D eigenvalue weighted by Crippen LogP contribution is -2.63. The van der Waals surface area contributed by atoms with Crippen LogP contribution in [0.5, 0.6) is 5.75 Å². The van der Waals surface area contributed by atoms with Crippen molar-refractivity contribution in [2.45, 2.75) is 75.8 Å². The van der Waals surface area contributed by atoms with E-state index >= 15 is 0 Å². The van der Waals surface area contributed by atoms with Crippen LogP contribution in [0.2, 0.25) is 5.02 Å². The minimum Gasteiger partial charge on any atom is -0.495 e. The van der Waals surface area contributed by atoms with Crippen LogP contribution in [0, 0.1) is 17.8 Å². The highest BCUT2D eigenvalue weighted by atomic mass is 35.5. The summed E-state index contributed by atoms with van der Waals surface area (Å²) in [5.41, 5.74) is -0.719. The Hall–Kier alpha value is -2.81. The fourth-order valence-electron chi connectivity index (χ4n) is 5.30. The topological polar surface area (TPSA) is 130 Å². The zero-order valence-electron chi connectivity index (χ0n) is 22.9. The number of epoxide rings is 1. The van der Waals surface area contributed by atoms with Crippen molar-refractivity contribution in [2.75, 3.05) is 26.2 Å². The highest BCUT2D eigenvalue weighted by molar-refractivity contribution is 6.35. The van der Waals surface area contributed by atoms with Crippen LogP contribution in [-0.4, -0.2) is 79.2 Å². The molecule has 212 valence electrons. The highest BCUT2D eigenvalue weighted by Gasteiger charge is 2.62. The van der Waals surface area contributed by atoms with E-state index in [1.54, 1.807) is 39.1 Å². The molecule has 3 aliphatic rings. The lowest BCUT2D eigenvalue weighted by atomic mass is 9.84. The van der Waals surface area contributed by atoms with Gasteiger partial charge in [0.25, 0.3) is 0 Å². The first kappa shape index (κ1) is 29.2. The van der Waals surface area contributed by atoms with Crippen LogP contribution in [0.15, 0.2) is 23.8 Å². The van der Waals surface area contributed by atoms with E-state index in [1.165, 1.54) is 19.1 Å². The van der Waals surface area contributed by atoms with Gasteiger partial charge in [0.05, 0.1) is 31.4 Å². The van der Waals surface area contributed by atoms with Gasteiger partial charge in [-0.1, -0.05) is 35.9 Å². The minimum atomic E-state index is -1.82. The van der Waals surface area contributed by atoms with Gasteiger partial charge in [-0.05, 0) is 44.0 Å². The standard InChI is InChI=1S/C28H35ClN2O8/c1-15-8-7-9-22(37-6)28(35)14-20(38-26(34)30-28)16(2)25-27(3,39-25)21(32)13-23(33)31(4)18-11-17(10-15)12-19(36-5)24(18)29/h8,11-12,16,20-22,25,32,35H,10,13-14H2,1-6H3,(H,30,34)/b15-8+/t16-,20+,21+,22-,25+,27-,28+/m1/s1. The number of carbonyl (C=O) groups is 2. The Balaban J connectivity index is 1.76. The van der Waals surface area contributed by atoms with Crippen LogP contribution >= 0.6 is 11.6 Å². The Kier molecular flexibility index (Phi) is 8.22. The molecule has 3 N–H and O–H groups in total. The second-order valence-corrected chi connectivity index (χ2v) is 11.0. The second-order valence-electron chi connectivity index (χ2n) is 10.7. The number of amides is 2. The van der Waals surface area contributed by atoms with Crippen molar-refractivity contribution in [2.24, 2.45) is 5.92 Å². The van der Waals surface area contributed by atoms with Crippen LogP contribution in [0.1, 0.15) is 39.2 Å². The smallest absolute Gasteiger partial charge is 0.409 e. The lowest BCUT2D eigenvalue weighted by molar-refractivity contribution is -0.139. The molecule has 0 spiro atoms. The van der Waals surface area contributed by atoms with Gasteiger partial charge < -0.3 is 34.1 Å². The highest BCUT2D eigenvalue weighted by Crippen LogP contribution is 2.48. The van der Waals surface area contributed by atoms with Gasteiger partial charge in [-0.3, -0.25) is 10.1 Å². The molecule has 4 bridgehead atoms. The van der Waals surface area contributed by atoms with Gasteiger partial charge in [0.15, 0.2) is 11.8 Å². The largest absolute Gasteiger partial charge is 0.495 e.